The molecule has 0 saturated heterocycles. The van der Waals surface area contributed by atoms with E-state index in [0.29, 0.717) is 0 Å². The summed E-state index contributed by atoms with van der Waals surface area (Å²) in [7, 11) is 0. The van der Waals surface area contributed by atoms with Crippen molar-refractivity contribution in [3.05, 3.63) is 18.0 Å². The zero-order valence-electron chi connectivity index (χ0n) is 4.49. The molecule has 7 heavy (non-hydrogen) atoms. The monoisotopic (exact) mass is 98.1 g/mol. The molecule has 0 unspecified atom stereocenters. The quantitative estimate of drug-likeness (QED) is 0.300. The molecule has 0 heterocycles. The first-order valence-electron chi connectivity index (χ1n) is 2.20. The van der Waals surface area contributed by atoms with Crippen LogP contribution in [-0.2, 0) is 0 Å². The van der Waals surface area contributed by atoms with Gasteiger partial charge >= 0.3 is 0 Å². The van der Waals surface area contributed by atoms with E-state index >= 15 is 0 Å². The molecule has 0 aromatic carbocycles. The van der Waals surface area contributed by atoms with E-state index in [1.807, 2.05) is 6.92 Å². The lowest BCUT2D eigenvalue weighted by molar-refractivity contribution is 0.831. The number of nitrogens with one attached hydrogen (secondary N) is 1. The third-order valence-electron chi connectivity index (χ3n) is 0.741. The van der Waals surface area contributed by atoms with E-state index in [0.717, 1.165) is 12.1 Å². The minimum atomic E-state index is 0.847. The highest BCUT2D eigenvalue weighted by molar-refractivity contribution is 4.92. The predicted molar refractivity (Wildman–Crippen MR) is 30.3 cm³/mol. The van der Waals surface area contributed by atoms with Crippen LogP contribution in [0.2, 0.25) is 0 Å². The highest BCUT2D eigenvalue weighted by atomic mass is 15.2. The van der Waals surface area contributed by atoms with Crippen molar-refractivity contribution >= 4 is 0 Å². The van der Waals surface area contributed by atoms with E-state index in [-0.39, 0.29) is 0 Å². The van der Waals surface area contributed by atoms with Gasteiger partial charge in [0.1, 0.15) is 0 Å². The van der Waals surface area contributed by atoms with Crippen molar-refractivity contribution in [1.29, 1.82) is 0 Å². The lowest BCUT2D eigenvalue weighted by Crippen LogP contribution is -2.19. The Labute approximate surface area is 43.7 Å². The first kappa shape index (κ1) is 6.28. The van der Waals surface area contributed by atoms with Crippen LogP contribution < -0.4 is 11.3 Å². The predicted octanol–water partition coefficient (Wildman–Crippen LogP) is 0.528. The molecular formula is C5H10N2. The number of hydrazine groups is 1. The van der Waals surface area contributed by atoms with Crippen molar-refractivity contribution in [2.24, 2.45) is 5.84 Å². The maximum atomic E-state index is 5.00. The molecule has 0 spiro atoms. The SMILES string of the molecule is C=C=C(CC)NN. The molecule has 0 atom stereocenters. The third kappa shape index (κ3) is 2.04. The van der Waals surface area contributed by atoms with Crippen molar-refractivity contribution < 1.29 is 0 Å². The van der Waals surface area contributed by atoms with Crippen molar-refractivity contribution in [3.8, 4) is 0 Å². The van der Waals surface area contributed by atoms with Crippen molar-refractivity contribution in [1.82, 2.24) is 5.43 Å². The van der Waals surface area contributed by atoms with Gasteiger partial charge < -0.3 is 5.43 Å². The fourth-order valence-corrected chi connectivity index (χ4v) is 0.278. The van der Waals surface area contributed by atoms with Crippen LogP contribution in [-0.4, -0.2) is 0 Å². The molecule has 3 N–H and O–H groups in total. The van der Waals surface area contributed by atoms with Gasteiger partial charge in [0.15, 0.2) is 0 Å². The van der Waals surface area contributed by atoms with Crippen molar-refractivity contribution in [3.63, 3.8) is 0 Å². The number of allylic oxidation sites excluding steroid dienone is 1. The van der Waals surface area contributed by atoms with Crippen molar-refractivity contribution in [2.75, 3.05) is 0 Å². The van der Waals surface area contributed by atoms with Gasteiger partial charge in [-0.1, -0.05) is 13.5 Å². The number of rotatable bonds is 2. The molecule has 0 amide bonds. The molecule has 2 heteroatoms. The zero-order chi connectivity index (χ0) is 5.70. The molecule has 0 aromatic heterocycles. The normalized spacial score (nSPS) is 7.14. The molecular weight excluding hydrogens is 88.1 g/mol. The van der Waals surface area contributed by atoms with Crippen LogP contribution in [0.3, 0.4) is 0 Å². The summed E-state index contributed by atoms with van der Waals surface area (Å²) < 4.78 is 0. The molecule has 0 aliphatic carbocycles. The minimum Gasteiger partial charge on any atom is -0.321 e. The lowest BCUT2D eigenvalue weighted by atomic mass is 10.4. The second-order valence-corrected chi connectivity index (χ2v) is 1.15. The van der Waals surface area contributed by atoms with E-state index < -0.39 is 0 Å². The highest BCUT2D eigenvalue weighted by Gasteiger charge is 1.79. The van der Waals surface area contributed by atoms with Gasteiger partial charge in [-0.3, -0.25) is 5.84 Å². The summed E-state index contributed by atoms with van der Waals surface area (Å²) in [5.74, 6) is 5.00. The first-order valence-corrected chi connectivity index (χ1v) is 2.20. The van der Waals surface area contributed by atoms with E-state index in [1.165, 1.54) is 0 Å². The maximum absolute atomic E-state index is 5.00. The molecule has 0 fully saturated rings. The summed E-state index contributed by atoms with van der Waals surface area (Å²) in [4.78, 5) is 0. The van der Waals surface area contributed by atoms with E-state index in [2.05, 4.69) is 17.7 Å². The smallest absolute Gasteiger partial charge is 0.0669 e. The van der Waals surface area contributed by atoms with Crippen LogP contribution in [0.4, 0.5) is 0 Å². The summed E-state index contributed by atoms with van der Waals surface area (Å²) in [6, 6.07) is 0. The Kier molecular flexibility index (Phi) is 3.11. The number of nitrogens with two attached hydrogens (primary N) is 1. The van der Waals surface area contributed by atoms with Crippen LogP contribution in [0.15, 0.2) is 18.0 Å². The van der Waals surface area contributed by atoms with Crippen LogP contribution in [0.25, 0.3) is 0 Å². The Morgan fingerprint density at radius 2 is 2.57 bits per heavy atom. The standard InChI is InChI=1S/C5H10N2/c1-3-5(4-2)7-6/h7H,1,4,6H2,2H3. The zero-order valence-corrected chi connectivity index (χ0v) is 4.49. The Morgan fingerprint density at radius 3 is 2.57 bits per heavy atom. The molecule has 2 nitrogen and oxygen atoms in total. The van der Waals surface area contributed by atoms with Gasteiger partial charge in [0.05, 0.1) is 5.70 Å². The third-order valence-corrected chi connectivity index (χ3v) is 0.741. The number of hydrogen-bond acceptors (Lipinski definition) is 2. The van der Waals surface area contributed by atoms with Crippen LogP contribution in [0, 0.1) is 0 Å². The second kappa shape index (κ2) is 3.47. The average molecular weight is 98.1 g/mol. The largest absolute Gasteiger partial charge is 0.321 e. The molecule has 0 bridgehead atoms. The van der Waals surface area contributed by atoms with Gasteiger partial charge in [0.2, 0.25) is 0 Å². The molecule has 0 aliphatic rings. The van der Waals surface area contributed by atoms with E-state index in [4.69, 9.17) is 5.84 Å². The summed E-state index contributed by atoms with van der Waals surface area (Å²) in [5.41, 5.74) is 5.92. The Hall–Kier alpha value is -0.720. The maximum Gasteiger partial charge on any atom is 0.0669 e. The fourth-order valence-electron chi connectivity index (χ4n) is 0.278. The molecule has 0 rings (SSSR count). The molecule has 0 radical (unpaired) electrons. The molecule has 40 valence electrons. The van der Waals surface area contributed by atoms with Gasteiger partial charge in [0.25, 0.3) is 0 Å². The van der Waals surface area contributed by atoms with Gasteiger partial charge in [0, 0.05) is 0 Å². The summed E-state index contributed by atoms with van der Waals surface area (Å²) in [6.07, 6.45) is 0.861. The summed E-state index contributed by atoms with van der Waals surface area (Å²) >= 11 is 0. The Morgan fingerprint density at radius 1 is 2.00 bits per heavy atom. The van der Waals surface area contributed by atoms with Crippen LogP contribution >= 0.6 is 0 Å². The van der Waals surface area contributed by atoms with E-state index in [1.54, 1.807) is 0 Å². The fraction of sp³-hybridized carbons (Fsp3) is 0.400. The van der Waals surface area contributed by atoms with Gasteiger partial charge in [-0.05, 0) is 6.42 Å². The number of hydrogen-bond donors (Lipinski definition) is 2. The highest BCUT2D eigenvalue weighted by Crippen LogP contribution is 1.86. The summed E-state index contributed by atoms with van der Waals surface area (Å²) in [6.45, 7) is 5.38. The van der Waals surface area contributed by atoms with Gasteiger partial charge in [-0.25, -0.2) is 0 Å². The van der Waals surface area contributed by atoms with Crippen LogP contribution in [0.1, 0.15) is 13.3 Å². The Bertz CT molecular complexity index is 84.3. The topological polar surface area (TPSA) is 38.0 Å². The van der Waals surface area contributed by atoms with Gasteiger partial charge in [-0.2, -0.15) is 0 Å². The average Bonchev–Trinajstić information content (AvgIpc) is 1.72. The summed E-state index contributed by atoms with van der Waals surface area (Å²) in [5, 5.41) is 0. The van der Waals surface area contributed by atoms with E-state index in [9.17, 15) is 0 Å². The second-order valence-electron chi connectivity index (χ2n) is 1.15. The molecule has 0 saturated carbocycles. The molecule has 0 aliphatic heterocycles. The molecule has 0 aromatic rings. The lowest BCUT2D eigenvalue weighted by Gasteiger charge is -1.94. The minimum absolute atomic E-state index is 0.847. The Balaban J connectivity index is 3.61. The first-order chi connectivity index (χ1) is 3.35. The van der Waals surface area contributed by atoms with Gasteiger partial charge in [-0.15, -0.1) is 5.73 Å². The van der Waals surface area contributed by atoms with Crippen molar-refractivity contribution in [2.45, 2.75) is 13.3 Å². The van der Waals surface area contributed by atoms with Crippen LogP contribution in [0.5, 0.6) is 0 Å².